The number of nitrogens with one attached hydrogen (secondary N) is 1. The van der Waals surface area contributed by atoms with E-state index in [1.54, 1.807) is 0 Å². The van der Waals surface area contributed by atoms with Gasteiger partial charge in [-0.1, -0.05) is 34.1 Å². The molecule has 0 aliphatic heterocycles. The molecule has 1 heterocycles. The molecule has 3 aromatic rings. The summed E-state index contributed by atoms with van der Waals surface area (Å²) in [4.78, 5) is 3.30. The molecule has 0 unspecified atom stereocenters. The van der Waals surface area contributed by atoms with Crippen LogP contribution in [0.4, 0.5) is 0 Å². The molecule has 2 aromatic carbocycles. The molecule has 19 heavy (non-hydrogen) atoms. The van der Waals surface area contributed by atoms with E-state index in [9.17, 15) is 0 Å². The second-order valence-electron chi connectivity index (χ2n) is 4.67. The first-order valence-electron chi connectivity index (χ1n) is 6.05. The van der Waals surface area contributed by atoms with Crippen LogP contribution in [0, 0.1) is 18.6 Å². The number of hydrogen-bond acceptors (Lipinski definition) is 1. The highest BCUT2D eigenvalue weighted by Crippen LogP contribution is 2.26. The lowest BCUT2D eigenvalue weighted by Crippen LogP contribution is -1.97. The van der Waals surface area contributed by atoms with Crippen molar-refractivity contribution in [3.63, 3.8) is 0 Å². The SMILES string of the molecule is Cc1ccc(Br)cc1-n1c(=S)[nH]c2c(C)cccc21. The van der Waals surface area contributed by atoms with E-state index in [2.05, 4.69) is 69.7 Å². The summed E-state index contributed by atoms with van der Waals surface area (Å²) >= 11 is 9.02. The number of aromatic amines is 1. The Bertz CT molecular complexity index is 830. The van der Waals surface area contributed by atoms with E-state index >= 15 is 0 Å². The summed E-state index contributed by atoms with van der Waals surface area (Å²) in [5.41, 5.74) is 5.73. The minimum absolute atomic E-state index is 0.727. The molecule has 0 atom stereocenters. The molecule has 0 bridgehead atoms. The van der Waals surface area contributed by atoms with Gasteiger partial charge >= 0.3 is 0 Å². The van der Waals surface area contributed by atoms with Gasteiger partial charge in [0.15, 0.2) is 4.77 Å². The lowest BCUT2D eigenvalue weighted by Gasteiger charge is -2.09. The number of fused-ring (bicyclic) bond motifs is 1. The zero-order valence-electron chi connectivity index (χ0n) is 10.7. The van der Waals surface area contributed by atoms with Crippen LogP contribution in [0.15, 0.2) is 40.9 Å². The zero-order chi connectivity index (χ0) is 13.6. The van der Waals surface area contributed by atoms with Crippen LogP contribution in [-0.4, -0.2) is 9.55 Å². The fourth-order valence-electron chi connectivity index (χ4n) is 2.34. The Hall–Kier alpha value is -1.39. The molecule has 96 valence electrons. The van der Waals surface area contributed by atoms with Crippen LogP contribution in [0.25, 0.3) is 16.7 Å². The number of imidazole rings is 1. The van der Waals surface area contributed by atoms with Gasteiger partial charge in [-0.2, -0.15) is 0 Å². The summed E-state index contributed by atoms with van der Waals surface area (Å²) in [6, 6.07) is 12.5. The number of aryl methyl sites for hydroxylation is 2. The van der Waals surface area contributed by atoms with Crippen molar-refractivity contribution in [2.24, 2.45) is 0 Å². The number of nitrogens with zero attached hydrogens (tertiary/aromatic N) is 1. The van der Waals surface area contributed by atoms with Crippen molar-refractivity contribution in [2.45, 2.75) is 13.8 Å². The number of H-pyrrole nitrogens is 1. The van der Waals surface area contributed by atoms with Crippen molar-refractivity contribution in [2.75, 3.05) is 0 Å². The highest BCUT2D eigenvalue weighted by molar-refractivity contribution is 9.10. The Kier molecular flexibility index (Phi) is 3.07. The van der Waals surface area contributed by atoms with Gasteiger partial charge in [-0.25, -0.2) is 0 Å². The van der Waals surface area contributed by atoms with E-state index in [0.29, 0.717) is 0 Å². The highest BCUT2D eigenvalue weighted by Gasteiger charge is 2.10. The van der Waals surface area contributed by atoms with Gasteiger partial charge in [-0.3, -0.25) is 4.57 Å². The molecule has 0 fully saturated rings. The minimum atomic E-state index is 0.727. The molecule has 3 rings (SSSR count). The Morgan fingerprint density at radius 1 is 1.11 bits per heavy atom. The van der Waals surface area contributed by atoms with E-state index < -0.39 is 0 Å². The average Bonchev–Trinajstić information content (AvgIpc) is 2.70. The molecule has 0 radical (unpaired) electrons. The van der Waals surface area contributed by atoms with Crippen LogP contribution in [0.2, 0.25) is 0 Å². The van der Waals surface area contributed by atoms with Gasteiger partial charge < -0.3 is 4.98 Å². The predicted molar refractivity (Wildman–Crippen MR) is 85.6 cm³/mol. The van der Waals surface area contributed by atoms with Crippen LogP contribution in [0.3, 0.4) is 0 Å². The summed E-state index contributed by atoms with van der Waals surface area (Å²) in [6.45, 7) is 4.18. The third-order valence-corrected chi connectivity index (χ3v) is 4.12. The molecule has 2 nitrogen and oxygen atoms in total. The largest absolute Gasteiger partial charge is 0.330 e. The van der Waals surface area contributed by atoms with Crippen molar-refractivity contribution in [3.05, 3.63) is 56.8 Å². The Morgan fingerprint density at radius 3 is 2.68 bits per heavy atom. The third kappa shape index (κ3) is 2.05. The van der Waals surface area contributed by atoms with Crippen molar-refractivity contribution in [1.82, 2.24) is 9.55 Å². The first-order valence-corrected chi connectivity index (χ1v) is 7.25. The second kappa shape index (κ2) is 4.62. The first-order chi connectivity index (χ1) is 9.08. The number of aromatic nitrogens is 2. The monoisotopic (exact) mass is 332 g/mol. The number of rotatable bonds is 1. The molecule has 0 saturated heterocycles. The molecule has 0 aliphatic carbocycles. The average molecular weight is 333 g/mol. The molecule has 0 spiro atoms. The normalized spacial score (nSPS) is 11.1. The number of para-hydroxylation sites is 1. The molecule has 4 heteroatoms. The van der Waals surface area contributed by atoms with Gasteiger partial charge in [0.2, 0.25) is 0 Å². The summed E-state index contributed by atoms with van der Waals surface area (Å²) < 4.78 is 3.88. The van der Waals surface area contributed by atoms with Crippen LogP contribution >= 0.6 is 28.1 Å². The third-order valence-electron chi connectivity index (χ3n) is 3.34. The van der Waals surface area contributed by atoms with Crippen LogP contribution in [0.1, 0.15) is 11.1 Å². The molecule has 1 N–H and O–H groups in total. The van der Waals surface area contributed by atoms with Crippen LogP contribution < -0.4 is 0 Å². The van der Waals surface area contributed by atoms with E-state index in [0.717, 1.165) is 26.0 Å². The van der Waals surface area contributed by atoms with E-state index in [1.807, 2.05) is 6.07 Å². The van der Waals surface area contributed by atoms with Gasteiger partial charge in [-0.05, 0) is 55.4 Å². The Labute approximate surface area is 125 Å². The fraction of sp³-hybridized carbons (Fsp3) is 0.133. The smallest absolute Gasteiger partial charge is 0.182 e. The lowest BCUT2D eigenvalue weighted by atomic mass is 10.2. The summed E-state index contributed by atoms with van der Waals surface area (Å²) in [5.74, 6) is 0. The maximum atomic E-state index is 5.49. The van der Waals surface area contributed by atoms with Gasteiger partial charge in [0.05, 0.1) is 16.7 Å². The molecular weight excluding hydrogens is 320 g/mol. The van der Waals surface area contributed by atoms with Crippen LogP contribution in [-0.2, 0) is 0 Å². The van der Waals surface area contributed by atoms with Gasteiger partial charge in [0.1, 0.15) is 0 Å². The minimum Gasteiger partial charge on any atom is -0.330 e. The van der Waals surface area contributed by atoms with E-state index in [-0.39, 0.29) is 0 Å². The predicted octanol–water partition coefficient (Wildman–Crippen LogP) is 5.07. The van der Waals surface area contributed by atoms with Crippen molar-refractivity contribution < 1.29 is 0 Å². The zero-order valence-corrected chi connectivity index (χ0v) is 13.1. The van der Waals surface area contributed by atoms with E-state index in [1.165, 1.54) is 11.1 Å². The molecule has 0 saturated carbocycles. The Morgan fingerprint density at radius 2 is 1.89 bits per heavy atom. The van der Waals surface area contributed by atoms with Crippen molar-refractivity contribution in [1.29, 1.82) is 0 Å². The standard InChI is InChI=1S/C15H13BrN2S/c1-9-6-7-11(16)8-13(9)18-12-5-3-4-10(2)14(12)17-15(18)19/h3-8H,1-2H3,(H,17,19). The number of benzene rings is 2. The van der Waals surface area contributed by atoms with Gasteiger partial charge in [-0.15, -0.1) is 0 Å². The molecule has 1 aromatic heterocycles. The maximum Gasteiger partial charge on any atom is 0.182 e. The van der Waals surface area contributed by atoms with Crippen molar-refractivity contribution >= 4 is 39.2 Å². The molecule has 0 amide bonds. The Balaban J connectivity index is 2.43. The quantitative estimate of drug-likeness (QED) is 0.617. The number of hydrogen-bond donors (Lipinski definition) is 1. The summed E-state index contributed by atoms with van der Waals surface area (Å²) in [7, 11) is 0. The topological polar surface area (TPSA) is 20.7 Å². The highest BCUT2D eigenvalue weighted by atomic mass is 79.9. The van der Waals surface area contributed by atoms with Gasteiger partial charge in [0, 0.05) is 4.47 Å². The molecule has 0 aliphatic rings. The first kappa shape index (κ1) is 12.6. The van der Waals surface area contributed by atoms with E-state index in [4.69, 9.17) is 12.2 Å². The lowest BCUT2D eigenvalue weighted by molar-refractivity contribution is 1.05. The van der Waals surface area contributed by atoms with Crippen LogP contribution in [0.5, 0.6) is 0 Å². The maximum absolute atomic E-state index is 5.49. The van der Waals surface area contributed by atoms with Gasteiger partial charge in [0.25, 0.3) is 0 Å². The fourth-order valence-corrected chi connectivity index (χ4v) is 2.98. The molecular formula is C15H13BrN2S. The number of halogens is 1. The summed E-state index contributed by atoms with van der Waals surface area (Å²) in [6.07, 6.45) is 0. The van der Waals surface area contributed by atoms with Crippen molar-refractivity contribution in [3.8, 4) is 5.69 Å². The summed E-state index contributed by atoms with van der Waals surface area (Å²) in [5, 5.41) is 0. The second-order valence-corrected chi connectivity index (χ2v) is 5.97.